The van der Waals surface area contributed by atoms with Gasteiger partial charge in [0.1, 0.15) is 28.9 Å². The van der Waals surface area contributed by atoms with Gasteiger partial charge in [-0.25, -0.2) is 24.9 Å². The number of nitrogens with one attached hydrogen (secondary N) is 2. The molecule has 0 unspecified atom stereocenters. The zero-order valence-corrected chi connectivity index (χ0v) is 21.2. The standard InChI is InChI=1S/C22H20N8O.C5H10O/c1-13-8-14(28-21-20-17(25-11-26-21)10-24-22(23-2)29-20)4-7-19(13)31-15-5-6-18-16(9-15)27-12-30(18)3;1-2-4-6-5-3-1/h4-12H,1-3H3,(H,23,24,29)(H,25,26,28);1-5H2. The first-order chi connectivity index (χ1) is 18.1. The van der Waals surface area contributed by atoms with Crippen molar-refractivity contribution in [2.45, 2.75) is 26.2 Å². The molecule has 0 radical (unpaired) electrons. The van der Waals surface area contributed by atoms with Gasteiger partial charge in [-0.05, 0) is 62.1 Å². The highest BCUT2D eigenvalue weighted by atomic mass is 16.5. The van der Waals surface area contributed by atoms with Gasteiger partial charge in [-0.15, -0.1) is 0 Å². The van der Waals surface area contributed by atoms with Gasteiger partial charge >= 0.3 is 0 Å². The van der Waals surface area contributed by atoms with Crippen LogP contribution < -0.4 is 15.4 Å². The molecule has 0 atom stereocenters. The van der Waals surface area contributed by atoms with Crippen molar-refractivity contribution in [3.63, 3.8) is 0 Å². The predicted molar refractivity (Wildman–Crippen MR) is 145 cm³/mol. The van der Waals surface area contributed by atoms with Crippen molar-refractivity contribution < 1.29 is 9.47 Å². The quantitative estimate of drug-likeness (QED) is 0.330. The van der Waals surface area contributed by atoms with E-state index in [-0.39, 0.29) is 0 Å². The molecule has 5 aromatic rings. The highest BCUT2D eigenvalue weighted by molar-refractivity contribution is 5.87. The SMILES string of the molecule is C1CCOCC1.CNc1ncc2ncnc(Nc3ccc(Oc4ccc5c(c4)ncn5C)c(C)c3)c2n1. The van der Waals surface area contributed by atoms with Crippen molar-refractivity contribution in [2.24, 2.45) is 7.05 Å². The molecular formula is C27H30N8O2. The molecule has 1 fully saturated rings. The maximum atomic E-state index is 6.10. The summed E-state index contributed by atoms with van der Waals surface area (Å²) < 4.78 is 13.1. The van der Waals surface area contributed by atoms with Crippen LogP contribution in [0.25, 0.3) is 22.1 Å². The van der Waals surface area contributed by atoms with Crippen LogP contribution in [-0.2, 0) is 11.8 Å². The van der Waals surface area contributed by atoms with Crippen LogP contribution in [0.15, 0.2) is 55.2 Å². The monoisotopic (exact) mass is 498 g/mol. The fraction of sp³-hybridized carbons (Fsp3) is 0.296. The van der Waals surface area contributed by atoms with Crippen molar-refractivity contribution in [2.75, 3.05) is 30.9 Å². The summed E-state index contributed by atoms with van der Waals surface area (Å²) in [4.78, 5) is 21.6. The van der Waals surface area contributed by atoms with Crippen molar-refractivity contribution in [1.29, 1.82) is 0 Å². The second-order valence-corrected chi connectivity index (χ2v) is 8.79. The molecule has 0 amide bonds. The highest BCUT2D eigenvalue weighted by Gasteiger charge is 2.10. The largest absolute Gasteiger partial charge is 0.457 e. The summed E-state index contributed by atoms with van der Waals surface area (Å²) in [6, 6.07) is 11.8. The Bertz CT molecular complexity index is 1500. The van der Waals surface area contributed by atoms with Gasteiger partial charge in [-0.1, -0.05) is 0 Å². The molecule has 6 rings (SSSR count). The topological polar surface area (TPSA) is 112 Å². The number of hydrogen-bond donors (Lipinski definition) is 2. The number of aromatic nitrogens is 6. The number of ether oxygens (including phenoxy) is 2. The van der Waals surface area contributed by atoms with Crippen LogP contribution in [0.3, 0.4) is 0 Å². The smallest absolute Gasteiger partial charge is 0.223 e. The molecule has 4 heterocycles. The summed E-state index contributed by atoms with van der Waals surface area (Å²) in [7, 11) is 3.74. The van der Waals surface area contributed by atoms with E-state index < -0.39 is 0 Å². The van der Waals surface area contributed by atoms with E-state index in [0.717, 1.165) is 47.0 Å². The van der Waals surface area contributed by atoms with Crippen LogP contribution in [0.1, 0.15) is 24.8 Å². The molecule has 0 spiro atoms. The first-order valence-electron chi connectivity index (χ1n) is 12.3. The fourth-order valence-electron chi connectivity index (χ4n) is 4.04. The van der Waals surface area contributed by atoms with E-state index in [1.807, 2.05) is 54.9 Å². The van der Waals surface area contributed by atoms with Crippen molar-refractivity contribution >= 4 is 39.5 Å². The molecule has 2 aromatic carbocycles. The Hall–Kier alpha value is -4.31. The first-order valence-corrected chi connectivity index (χ1v) is 12.3. The summed E-state index contributed by atoms with van der Waals surface area (Å²) >= 11 is 0. The number of nitrogens with zero attached hydrogens (tertiary/aromatic N) is 6. The number of anilines is 3. The Kier molecular flexibility index (Phi) is 7.36. The second kappa shape index (κ2) is 11.2. The molecule has 0 saturated carbocycles. The van der Waals surface area contributed by atoms with Crippen molar-refractivity contribution in [1.82, 2.24) is 29.5 Å². The van der Waals surface area contributed by atoms with Gasteiger partial charge in [0.05, 0.1) is 23.6 Å². The van der Waals surface area contributed by atoms with Gasteiger partial charge in [-0.3, -0.25) is 0 Å². The lowest BCUT2D eigenvalue weighted by Crippen LogP contribution is -2.03. The second-order valence-electron chi connectivity index (χ2n) is 8.79. The molecule has 1 aliphatic rings. The third kappa shape index (κ3) is 5.75. The molecule has 10 heteroatoms. The van der Waals surface area contributed by atoms with E-state index in [2.05, 4.69) is 35.6 Å². The molecule has 37 heavy (non-hydrogen) atoms. The third-order valence-electron chi connectivity index (χ3n) is 6.04. The Morgan fingerprint density at radius 1 is 0.946 bits per heavy atom. The molecule has 3 aromatic heterocycles. The summed E-state index contributed by atoms with van der Waals surface area (Å²) in [5, 5.41) is 6.25. The summed E-state index contributed by atoms with van der Waals surface area (Å²) in [5.74, 6) is 2.63. The average molecular weight is 499 g/mol. The molecule has 0 bridgehead atoms. The van der Waals surface area contributed by atoms with Gasteiger partial charge in [0.25, 0.3) is 0 Å². The molecule has 0 aliphatic carbocycles. The molecular weight excluding hydrogens is 468 g/mol. The fourth-order valence-corrected chi connectivity index (χ4v) is 4.04. The number of rotatable bonds is 5. The van der Waals surface area contributed by atoms with Gasteiger partial charge in [-0.2, -0.15) is 0 Å². The van der Waals surface area contributed by atoms with E-state index in [0.29, 0.717) is 22.8 Å². The van der Waals surface area contributed by atoms with Crippen LogP contribution in [-0.4, -0.2) is 49.7 Å². The summed E-state index contributed by atoms with van der Waals surface area (Å²) in [6.45, 7) is 4.00. The predicted octanol–water partition coefficient (Wildman–Crippen LogP) is 5.38. The molecule has 190 valence electrons. The Morgan fingerprint density at radius 3 is 2.54 bits per heavy atom. The van der Waals surface area contributed by atoms with Gasteiger partial charge in [0, 0.05) is 39.1 Å². The molecule has 10 nitrogen and oxygen atoms in total. The normalized spacial score (nSPS) is 13.2. The summed E-state index contributed by atoms with van der Waals surface area (Å²) in [5.41, 5.74) is 5.12. The van der Waals surface area contributed by atoms with Crippen LogP contribution in [0.5, 0.6) is 11.5 Å². The van der Waals surface area contributed by atoms with Crippen molar-refractivity contribution in [3.8, 4) is 11.5 Å². The third-order valence-corrected chi connectivity index (χ3v) is 6.04. The van der Waals surface area contributed by atoms with E-state index in [1.54, 1.807) is 19.6 Å². The lowest BCUT2D eigenvalue weighted by Gasteiger charge is -2.12. The number of aryl methyl sites for hydroxylation is 2. The first kappa shape index (κ1) is 24.4. The minimum absolute atomic E-state index is 0.509. The number of benzene rings is 2. The van der Waals surface area contributed by atoms with Crippen LogP contribution in [0.4, 0.5) is 17.5 Å². The minimum Gasteiger partial charge on any atom is -0.457 e. The summed E-state index contributed by atoms with van der Waals surface area (Å²) in [6.07, 6.45) is 8.88. The van der Waals surface area contributed by atoms with E-state index in [1.165, 1.54) is 25.6 Å². The maximum absolute atomic E-state index is 6.10. The highest BCUT2D eigenvalue weighted by Crippen LogP contribution is 2.30. The maximum Gasteiger partial charge on any atom is 0.223 e. The minimum atomic E-state index is 0.509. The number of hydrogen-bond acceptors (Lipinski definition) is 9. The Morgan fingerprint density at radius 2 is 1.81 bits per heavy atom. The zero-order valence-electron chi connectivity index (χ0n) is 21.2. The lowest BCUT2D eigenvalue weighted by atomic mass is 10.2. The van der Waals surface area contributed by atoms with Crippen LogP contribution in [0.2, 0.25) is 0 Å². The van der Waals surface area contributed by atoms with Gasteiger partial charge in [0.15, 0.2) is 5.82 Å². The number of imidazole rings is 1. The van der Waals surface area contributed by atoms with E-state index in [9.17, 15) is 0 Å². The lowest BCUT2D eigenvalue weighted by molar-refractivity contribution is 0.0968. The van der Waals surface area contributed by atoms with Crippen LogP contribution >= 0.6 is 0 Å². The Balaban J connectivity index is 0.000000412. The molecule has 2 N–H and O–H groups in total. The van der Waals surface area contributed by atoms with Gasteiger partial charge < -0.3 is 24.7 Å². The molecule has 1 aliphatic heterocycles. The van der Waals surface area contributed by atoms with Gasteiger partial charge in [0.2, 0.25) is 5.95 Å². The van der Waals surface area contributed by atoms with E-state index in [4.69, 9.17) is 9.47 Å². The molecule has 1 saturated heterocycles. The zero-order chi connectivity index (χ0) is 25.6. The van der Waals surface area contributed by atoms with E-state index >= 15 is 0 Å². The average Bonchev–Trinajstić information content (AvgIpc) is 3.31. The van der Waals surface area contributed by atoms with Crippen LogP contribution in [0, 0.1) is 6.92 Å². The van der Waals surface area contributed by atoms with Crippen molar-refractivity contribution in [3.05, 3.63) is 60.8 Å². The Labute approximate surface area is 215 Å². The number of fused-ring (bicyclic) bond motifs is 2.